The van der Waals surface area contributed by atoms with E-state index in [1.807, 2.05) is 36.7 Å². The van der Waals surface area contributed by atoms with Gasteiger partial charge in [0.25, 0.3) is 0 Å². The zero-order chi connectivity index (χ0) is 33.5. The Morgan fingerprint density at radius 1 is 1.06 bits per heavy atom. The second kappa shape index (κ2) is 13.2. The number of nitrogen functional groups attached to an aromatic ring is 1. The van der Waals surface area contributed by atoms with Gasteiger partial charge in [0.05, 0.1) is 35.9 Å². The van der Waals surface area contributed by atoms with E-state index in [1.54, 1.807) is 13.3 Å². The molecule has 2 N–H and O–H groups in total. The molecule has 4 aromatic rings. The van der Waals surface area contributed by atoms with Crippen LogP contribution in [-0.2, 0) is 13.1 Å². The molecule has 3 atom stereocenters. The first-order chi connectivity index (χ1) is 23.2. The van der Waals surface area contributed by atoms with Crippen molar-refractivity contribution in [3.05, 3.63) is 76.1 Å². The van der Waals surface area contributed by atoms with Crippen LogP contribution in [0.25, 0.3) is 10.9 Å². The first kappa shape index (κ1) is 32.1. The van der Waals surface area contributed by atoms with Crippen molar-refractivity contribution in [3.63, 3.8) is 0 Å². The van der Waals surface area contributed by atoms with E-state index in [4.69, 9.17) is 15.2 Å². The zero-order valence-corrected chi connectivity index (χ0v) is 28.2. The number of methoxy groups -OCH3 is 1. The van der Waals surface area contributed by atoms with Gasteiger partial charge in [-0.05, 0) is 63.6 Å². The highest BCUT2D eigenvalue weighted by molar-refractivity contribution is 5.92. The molecule has 0 spiro atoms. The lowest BCUT2D eigenvalue weighted by molar-refractivity contribution is 0.157. The van der Waals surface area contributed by atoms with Crippen LogP contribution >= 0.6 is 0 Å². The van der Waals surface area contributed by atoms with Gasteiger partial charge in [-0.2, -0.15) is 0 Å². The Hall–Kier alpha value is -4.42. The average Bonchev–Trinajstić information content (AvgIpc) is 3.09. The summed E-state index contributed by atoms with van der Waals surface area (Å²) < 4.78 is 30.0. The number of benzene rings is 1. The molecule has 48 heavy (non-hydrogen) atoms. The third-order valence-electron chi connectivity index (χ3n) is 10.3. The molecule has 6 heterocycles. The lowest BCUT2D eigenvalue weighted by Gasteiger charge is -2.41. The third kappa shape index (κ3) is 6.14. The lowest BCUT2D eigenvalue weighted by Crippen LogP contribution is -2.50. The van der Waals surface area contributed by atoms with Crippen LogP contribution in [0.2, 0.25) is 0 Å². The number of hydrogen-bond donors (Lipinski definition) is 1. The van der Waals surface area contributed by atoms with E-state index < -0.39 is 5.82 Å². The second-order valence-corrected chi connectivity index (χ2v) is 13.6. The maximum Gasteiger partial charge on any atom is 0.213 e. The minimum Gasteiger partial charge on any atom is -0.487 e. The van der Waals surface area contributed by atoms with Gasteiger partial charge in [0.15, 0.2) is 17.0 Å². The third-order valence-corrected chi connectivity index (χ3v) is 10.3. The Balaban J connectivity index is 1.27. The number of aromatic nitrogens is 3. The quantitative estimate of drug-likeness (QED) is 0.296. The van der Waals surface area contributed by atoms with E-state index >= 15 is 4.39 Å². The molecule has 2 saturated heterocycles. The number of piperazine rings is 1. The highest BCUT2D eigenvalue weighted by atomic mass is 19.1. The predicted octanol–water partition coefficient (Wildman–Crippen LogP) is 4.29. The molecule has 0 amide bonds. The molecule has 2 unspecified atom stereocenters. The van der Waals surface area contributed by atoms with Crippen LogP contribution < -0.4 is 30.4 Å². The molecule has 3 aromatic heterocycles. The molecule has 11 nitrogen and oxygen atoms in total. The van der Waals surface area contributed by atoms with E-state index in [-0.39, 0.29) is 23.6 Å². The predicted molar refractivity (Wildman–Crippen MR) is 187 cm³/mol. The summed E-state index contributed by atoms with van der Waals surface area (Å²) in [6, 6.07) is 9.59. The highest BCUT2D eigenvalue weighted by Gasteiger charge is 2.33. The van der Waals surface area contributed by atoms with Crippen molar-refractivity contribution in [2.75, 3.05) is 69.0 Å². The summed E-state index contributed by atoms with van der Waals surface area (Å²) in [5, 5.41) is 0.362. The number of nitrogens with zero attached hydrogens (tertiary/aromatic N) is 7. The zero-order valence-electron chi connectivity index (χ0n) is 28.2. The topological polar surface area (TPSA) is 105 Å². The number of anilines is 3. The van der Waals surface area contributed by atoms with Crippen molar-refractivity contribution in [1.29, 1.82) is 0 Å². The average molecular weight is 657 g/mol. The maximum absolute atomic E-state index is 16.2. The van der Waals surface area contributed by atoms with Gasteiger partial charge in [-0.3, -0.25) is 9.69 Å². The van der Waals surface area contributed by atoms with Gasteiger partial charge in [-0.25, -0.2) is 14.4 Å². The second-order valence-electron chi connectivity index (χ2n) is 13.6. The van der Waals surface area contributed by atoms with Gasteiger partial charge in [0.1, 0.15) is 18.1 Å². The van der Waals surface area contributed by atoms with Gasteiger partial charge < -0.3 is 34.5 Å². The van der Waals surface area contributed by atoms with Crippen LogP contribution in [0.15, 0.2) is 53.7 Å². The Bertz CT molecular complexity index is 1850. The number of pyridine rings is 3. The van der Waals surface area contributed by atoms with E-state index in [2.05, 4.69) is 55.0 Å². The molecule has 0 saturated carbocycles. The number of piperidine rings is 1. The molecule has 254 valence electrons. The van der Waals surface area contributed by atoms with Crippen molar-refractivity contribution in [3.8, 4) is 11.6 Å². The van der Waals surface area contributed by atoms with Gasteiger partial charge in [-0.15, -0.1) is 0 Å². The fourth-order valence-corrected chi connectivity index (χ4v) is 7.43. The van der Waals surface area contributed by atoms with E-state index in [0.717, 1.165) is 43.7 Å². The summed E-state index contributed by atoms with van der Waals surface area (Å²) in [6.07, 6.45) is 7.52. The largest absolute Gasteiger partial charge is 0.487 e. The SMILES string of the molecule is COc1cc(CN(Cc2cn3c4c(c(N5CCN(C)C(C)C5)c(F)cc4c2=O)OCC3C)[C@H]2CCCN(c3ccc(N)nc3)C2)ccn1. The monoisotopic (exact) mass is 656 g/mol. The molecule has 3 aliphatic rings. The fraction of sp³-hybridized carbons (Fsp3) is 0.472. The Morgan fingerprint density at radius 2 is 1.92 bits per heavy atom. The van der Waals surface area contributed by atoms with Crippen LogP contribution in [0.3, 0.4) is 0 Å². The smallest absolute Gasteiger partial charge is 0.213 e. The van der Waals surface area contributed by atoms with Crippen molar-refractivity contribution >= 4 is 28.1 Å². The standard InChI is InChI=1S/C36H45FN8O3/c1-23-17-43(13-12-41(23)3)34-30(37)15-29-33-36(34)48-22-24(2)45(33)20-26(35(29)46)19-44(18-25-9-10-39-32(14-25)47-4)28-6-5-11-42(21-28)27-7-8-31(38)40-16-27/h7-10,14-16,20,23-24,28H,5-6,11-13,17-19,21-22H2,1-4H3,(H2,38,40)/t23?,24?,28-/m0/s1. The normalized spacial score (nSPS) is 21.5. The molecule has 3 aliphatic heterocycles. The van der Waals surface area contributed by atoms with Gasteiger partial charge >= 0.3 is 0 Å². The van der Waals surface area contributed by atoms with Gasteiger partial charge in [-0.1, -0.05) is 0 Å². The molecular formula is C36H45FN8O3. The van der Waals surface area contributed by atoms with E-state index in [1.165, 1.54) is 6.07 Å². The first-order valence-corrected chi connectivity index (χ1v) is 16.9. The van der Waals surface area contributed by atoms with Crippen molar-refractivity contribution in [2.24, 2.45) is 0 Å². The summed E-state index contributed by atoms with van der Waals surface area (Å²) >= 11 is 0. The molecule has 2 fully saturated rings. The summed E-state index contributed by atoms with van der Waals surface area (Å²) in [5.41, 5.74) is 9.55. The first-order valence-electron chi connectivity index (χ1n) is 16.9. The molecule has 1 aromatic carbocycles. The fourth-order valence-electron chi connectivity index (χ4n) is 7.43. The maximum atomic E-state index is 16.2. The molecule has 0 radical (unpaired) electrons. The highest BCUT2D eigenvalue weighted by Crippen LogP contribution is 2.42. The van der Waals surface area contributed by atoms with Crippen LogP contribution in [0.4, 0.5) is 21.6 Å². The molecule has 7 rings (SSSR count). The van der Waals surface area contributed by atoms with Gasteiger partial charge in [0, 0.05) is 81.9 Å². The van der Waals surface area contributed by atoms with E-state index in [0.29, 0.717) is 72.4 Å². The van der Waals surface area contributed by atoms with Crippen LogP contribution in [0.5, 0.6) is 11.6 Å². The number of rotatable bonds is 8. The Morgan fingerprint density at radius 3 is 2.69 bits per heavy atom. The summed E-state index contributed by atoms with van der Waals surface area (Å²) in [7, 11) is 3.70. The number of hydrogen-bond acceptors (Lipinski definition) is 10. The van der Waals surface area contributed by atoms with Crippen LogP contribution in [-0.4, -0.2) is 89.9 Å². The van der Waals surface area contributed by atoms with E-state index in [9.17, 15) is 4.79 Å². The number of halogens is 1. The Kier molecular flexibility index (Phi) is 8.86. The summed E-state index contributed by atoms with van der Waals surface area (Å²) in [4.78, 5) is 32.0. The van der Waals surface area contributed by atoms with Crippen molar-refractivity contribution in [2.45, 2.75) is 57.9 Å². The molecule has 0 bridgehead atoms. The summed E-state index contributed by atoms with van der Waals surface area (Å²) in [6.45, 7) is 9.51. The lowest BCUT2D eigenvalue weighted by atomic mass is 10.0. The van der Waals surface area contributed by atoms with Gasteiger partial charge in [0.2, 0.25) is 5.88 Å². The summed E-state index contributed by atoms with van der Waals surface area (Å²) in [5.74, 6) is 1.10. The van der Waals surface area contributed by atoms with Crippen molar-refractivity contribution < 1.29 is 13.9 Å². The number of ether oxygens (including phenoxy) is 2. The molecule has 12 heteroatoms. The minimum atomic E-state index is -0.412. The van der Waals surface area contributed by atoms with Crippen LogP contribution in [0.1, 0.15) is 43.9 Å². The minimum absolute atomic E-state index is 0.0230. The Labute approximate surface area is 280 Å². The molecule has 0 aliphatic carbocycles. The van der Waals surface area contributed by atoms with Crippen molar-refractivity contribution in [1.82, 2.24) is 24.3 Å². The number of nitrogens with two attached hydrogens (primary N) is 1. The number of likely N-dealkylation sites (N-methyl/N-ethyl adjacent to an activating group) is 1. The van der Waals surface area contributed by atoms with Crippen LogP contribution in [0, 0.1) is 5.82 Å². The molecular weight excluding hydrogens is 611 g/mol.